The van der Waals surface area contributed by atoms with Gasteiger partial charge in [0.15, 0.2) is 0 Å². The minimum atomic E-state index is 0.532. The fourth-order valence-electron chi connectivity index (χ4n) is 15.6. The van der Waals surface area contributed by atoms with E-state index in [1.807, 2.05) is 22.7 Å². The van der Waals surface area contributed by atoms with Crippen LogP contribution in [0.3, 0.4) is 0 Å². The molecule has 6 heterocycles. The molecule has 426 valence electrons. The smallest absolute Gasteiger partial charge is 0.104 e. The van der Waals surface area contributed by atoms with Gasteiger partial charge in [-0.25, -0.2) is 0 Å². The van der Waals surface area contributed by atoms with Gasteiger partial charge in [0.1, 0.15) is 11.6 Å². The summed E-state index contributed by atoms with van der Waals surface area (Å²) in [6.45, 7) is 0. The van der Waals surface area contributed by atoms with E-state index in [0.29, 0.717) is 5.56 Å². The average molecular weight is 1200 g/mol. The summed E-state index contributed by atoms with van der Waals surface area (Å²) >= 11 is 3.67. The number of thiophene rings is 2. The number of para-hydroxylation sites is 4. The average Bonchev–Trinajstić information content (AvgIpc) is 1.38. The summed E-state index contributed by atoms with van der Waals surface area (Å²) in [6.07, 6.45) is 0. The molecule has 0 aliphatic rings. The van der Waals surface area contributed by atoms with Gasteiger partial charge in [-0.1, -0.05) is 224 Å². The molecule has 0 fully saturated rings. The van der Waals surface area contributed by atoms with Gasteiger partial charge in [-0.05, 0) is 101 Å². The molecular weight excluding hydrogens is 1160 g/mol. The van der Waals surface area contributed by atoms with E-state index < -0.39 is 0 Å². The molecule has 20 rings (SSSR count). The van der Waals surface area contributed by atoms with Crippen molar-refractivity contribution in [3.8, 4) is 62.2 Å². The molecule has 0 saturated heterocycles. The molecule has 0 saturated carbocycles. The van der Waals surface area contributed by atoms with Crippen LogP contribution < -0.4 is 0 Å². The molecule has 0 amide bonds. The maximum absolute atomic E-state index is 13.4. The zero-order valence-corrected chi connectivity index (χ0v) is 51.0. The van der Waals surface area contributed by atoms with Crippen molar-refractivity contribution in [1.29, 1.82) is 5.26 Å². The van der Waals surface area contributed by atoms with E-state index in [2.05, 4.69) is 322 Å². The summed E-state index contributed by atoms with van der Waals surface area (Å²) in [5.74, 6) is 0. The molecule has 20 aromatic rings. The summed E-state index contributed by atoms with van der Waals surface area (Å²) in [7, 11) is 0. The van der Waals surface area contributed by atoms with Crippen LogP contribution in [0.1, 0.15) is 5.56 Å². The van der Waals surface area contributed by atoms with Gasteiger partial charge in [0, 0.05) is 89.0 Å². The van der Waals surface area contributed by atoms with Crippen LogP contribution in [-0.2, 0) is 0 Å². The molecule has 14 aromatic carbocycles. The second-order valence-corrected chi connectivity index (χ2v) is 26.3. The van der Waals surface area contributed by atoms with Gasteiger partial charge < -0.3 is 18.3 Å². The molecule has 0 aliphatic carbocycles. The zero-order chi connectivity index (χ0) is 60.3. The van der Waals surface area contributed by atoms with E-state index in [0.717, 1.165) is 143 Å². The van der Waals surface area contributed by atoms with Crippen LogP contribution in [0.25, 0.3) is 184 Å². The van der Waals surface area contributed by atoms with E-state index in [4.69, 9.17) is 0 Å². The van der Waals surface area contributed by atoms with Gasteiger partial charge >= 0.3 is 0 Å². The molecule has 0 atom stereocenters. The molecule has 0 spiro atoms. The quantitative estimate of drug-likeness (QED) is 0.157. The highest BCUT2D eigenvalue weighted by atomic mass is 32.1. The maximum atomic E-state index is 13.4. The first kappa shape index (κ1) is 51.1. The van der Waals surface area contributed by atoms with Crippen molar-refractivity contribution in [3.63, 3.8) is 0 Å². The second-order valence-electron chi connectivity index (χ2n) is 24.1. The van der Waals surface area contributed by atoms with Gasteiger partial charge in [-0.3, -0.25) is 0 Å². The lowest BCUT2D eigenvalue weighted by Gasteiger charge is -2.29. The van der Waals surface area contributed by atoms with Gasteiger partial charge in [0.05, 0.1) is 66.9 Å². The highest BCUT2D eigenvalue weighted by Crippen LogP contribution is 2.55. The Labute approximate surface area is 535 Å². The van der Waals surface area contributed by atoms with Crippen LogP contribution in [0.4, 0.5) is 0 Å². The zero-order valence-electron chi connectivity index (χ0n) is 49.3. The molecule has 6 aromatic heterocycles. The van der Waals surface area contributed by atoms with Crippen LogP contribution >= 0.6 is 22.7 Å². The summed E-state index contributed by atoms with van der Waals surface area (Å²) in [5, 5.41) is 27.1. The predicted octanol–water partition coefficient (Wildman–Crippen LogP) is 23.7. The van der Waals surface area contributed by atoms with Gasteiger partial charge in [0.25, 0.3) is 0 Å². The highest BCUT2D eigenvalue weighted by molar-refractivity contribution is 7.26. The number of aromatic nitrogens is 4. The summed E-state index contributed by atoms with van der Waals surface area (Å²) in [5.41, 5.74) is 18.6. The SMILES string of the molecule is N#Cc1c(-n2c3ccccc3c3ccccc32)c(-n2c3ccc(-c4ccccc4)cc3c3ccc4sc5ccccc5c4c32)c(-c2ccccc2)c(-n2c3ccc(-c4ccccc4)cc3c3ccc4sc5ccccc5c4c32)c1-n1c2ccccc2c2ccccc21. The first-order chi connectivity index (χ1) is 45.7. The molecule has 0 aliphatic heterocycles. The summed E-state index contributed by atoms with van der Waals surface area (Å²) < 4.78 is 14.9. The Balaban J connectivity index is 1.12. The van der Waals surface area contributed by atoms with Crippen molar-refractivity contribution < 1.29 is 0 Å². The van der Waals surface area contributed by atoms with Crippen molar-refractivity contribution in [2.45, 2.75) is 0 Å². The number of rotatable bonds is 7. The Morgan fingerprint density at radius 3 is 0.967 bits per heavy atom. The largest absolute Gasteiger partial charge is 0.306 e. The fourth-order valence-corrected chi connectivity index (χ4v) is 17.8. The van der Waals surface area contributed by atoms with Crippen molar-refractivity contribution in [1.82, 2.24) is 18.3 Å². The minimum absolute atomic E-state index is 0.532. The van der Waals surface area contributed by atoms with E-state index in [1.165, 1.54) is 40.3 Å². The number of fused-ring (bicyclic) bond motifs is 20. The molecule has 92 heavy (non-hydrogen) atoms. The van der Waals surface area contributed by atoms with Crippen LogP contribution in [0.5, 0.6) is 0 Å². The fraction of sp³-hybridized carbons (Fsp3) is 0. The number of nitriles is 1. The molecular formula is C85H49N5S2. The van der Waals surface area contributed by atoms with Crippen LogP contribution in [-0.4, -0.2) is 18.3 Å². The highest BCUT2D eigenvalue weighted by Gasteiger charge is 2.36. The first-order valence-corrected chi connectivity index (χ1v) is 32.8. The number of hydrogen-bond donors (Lipinski definition) is 0. The minimum Gasteiger partial charge on any atom is -0.306 e. The van der Waals surface area contributed by atoms with Crippen molar-refractivity contribution in [2.24, 2.45) is 0 Å². The van der Waals surface area contributed by atoms with E-state index in [-0.39, 0.29) is 0 Å². The van der Waals surface area contributed by atoms with Gasteiger partial charge in [-0.2, -0.15) is 5.26 Å². The monoisotopic (exact) mass is 1200 g/mol. The number of benzene rings is 14. The van der Waals surface area contributed by atoms with Crippen LogP contribution in [0.15, 0.2) is 297 Å². The maximum Gasteiger partial charge on any atom is 0.104 e. The van der Waals surface area contributed by atoms with Crippen LogP contribution in [0, 0.1) is 11.3 Å². The lowest BCUT2D eigenvalue weighted by molar-refractivity contribution is 1.04. The molecule has 5 nitrogen and oxygen atoms in total. The van der Waals surface area contributed by atoms with Gasteiger partial charge in [0.2, 0.25) is 0 Å². The number of hydrogen-bond acceptors (Lipinski definition) is 3. The van der Waals surface area contributed by atoms with Crippen LogP contribution in [0.2, 0.25) is 0 Å². The molecule has 0 radical (unpaired) electrons. The lowest BCUT2D eigenvalue weighted by Crippen LogP contribution is -2.16. The number of nitrogens with zero attached hydrogens (tertiary/aromatic N) is 5. The Kier molecular flexibility index (Phi) is 10.9. The normalized spacial score (nSPS) is 12.1. The molecule has 0 unspecified atom stereocenters. The molecule has 7 heteroatoms. The Bertz CT molecular complexity index is 6090. The Hall–Kier alpha value is -11.8. The van der Waals surface area contributed by atoms with Gasteiger partial charge in [-0.15, -0.1) is 22.7 Å². The Morgan fingerprint density at radius 1 is 0.239 bits per heavy atom. The van der Waals surface area contributed by atoms with Crippen molar-refractivity contribution in [2.75, 3.05) is 0 Å². The van der Waals surface area contributed by atoms with E-state index in [1.54, 1.807) is 0 Å². The first-order valence-electron chi connectivity index (χ1n) is 31.2. The summed E-state index contributed by atoms with van der Waals surface area (Å²) in [6, 6.07) is 112. The predicted molar refractivity (Wildman–Crippen MR) is 391 cm³/mol. The third-order valence-corrected chi connectivity index (χ3v) is 21.6. The van der Waals surface area contributed by atoms with E-state index >= 15 is 0 Å². The summed E-state index contributed by atoms with van der Waals surface area (Å²) in [4.78, 5) is 0. The standard InChI is InChI=1S/C85H49N5S2/c86-50-66-82(87-67-34-16-10-28-56(67)57-29-11-17-35-68(57)87)84(89-71-44-40-54(51-22-4-1-5-23-51)48-64(71)60-42-46-75-78(80(60)89)62-32-14-20-38-73(62)91-75)77(53-26-8-3-9-27-53)85(83(66)88-69-36-18-12-30-58(69)59-31-13-19-37-70(59)88)90-72-45-41-55(52-24-6-2-7-25-52)49-65(72)61-43-47-76-79(81(61)90)63-33-15-21-39-74(63)92-76/h1-49H. The van der Waals surface area contributed by atoms with Crippen molar-refractivity contribution >= 4 is 150 Å². The molecule has 0 N–H and O–H groups in total. The second kappa shape index (κ2) is 19.6. The van der Waals surface area contributed by atoms with Crippen molar-refractivity contribution in [3.05, 3.63) is 303 Å². The Morgan fingerprint density at radius 2 is 0.576 bits per heavy atom. The molecule has 0 bridgehead atoms. The third-order valence-electron chi connectivity index (χ3n) is 19.4. The van der Waals surface area contributed by atoms with E-state index in [9.17, 15) is 5.26 Å². The third kappa shape index (κ3) is 7.10. The topological polar surface area (TPSA) is 43.5 Å². The lowest BCUT2D eigenvalue weighted by atomic mass is 9.93.